The van der Waals surface area contributed by atoms with Gasteiger partial charge in [-0.3, -0.25) is 14.5 Å². The lowest BCUT2D eigenvalue weighted by atomic mass is 9.68. The van der Waals surface area contributed by atoms with E-state index in [2.05, 4.69) is 0 Å². The van der Waals surface area contributed by atoms with Crippen LogP contribution in [0.5, 0.6) is 0 Å². The molecule has 3 aliphatic rings. The van der Waals surface area contributed by atoms with E-state index < -0.39 is 5.97 Å². The molecule has 0 unspecified atom stereocenters. The standard InChI is InChI=1S/C26H28N2O5/c29-23(14-15-24(30)31)27(18-10-11-18)25-19-8-4-5-9-21(19)28(22-13-12-20(22)25)26(32)33-16-17-6-2-1-3-7-17/h1-9,18,20,22,25H,10-16H2,(H,30,31)/t20-,22+,25+/m1/s1. The van der Waals surface area contributed by atoms with E-state index in [0.29, 0.717) is 0 Å². The number of benzene rings is 2. The van der Waals surface area contributed by atoms with Crippen molar-refractivity contribution >= 4 is 23.7 Å². The Balaban J connectivity index is 1.42. The van der Waals surface area contributed by atoms with E-state index in [0.717, 1.165) is 42.5 Å². The molecule has 1 N–H and O–H groups in total. The molecule has 0 saturated heterocycles. The maximum Gasteiger partial charge on any atom is 0.414 e. The second-order valence-corrected chi connectivity index (χ2v) is 9.15. The molecule has 2 fully saturated rings. The van der Waals surface area contributed by atoms with E-state index in [1.807, 2.05) is 59.5 Å². The van der Waals surface area contributed by atoms with Crippen LogP contribution in [0.15, 0.2) is 54.6 Å². The average Bonchev–Trinajstić information content (AvgIpc) is 3.63. The fraction of sp³-hybridized carbons (Fsp3) is 0.423. The molecule has 172 valence electrons. The molecule has 2 saturated carbocycles. The van der Waals surface area contributed by atoms with Gasteiger partial charge in [0.05, 0.1) is 18.2 Å². The van der Waals surface area contributed by atoms with Crippen molar-refractivity contribution in [2.45, 2.75) is 63.3 Å². The smallest absolute Gasteiger partial charge is 0.414 e. The summed E-state index contributed by atoms with van der Waals surface area (Å²) >= 11 is 0. The number of carbonyl (C=O) groups is 3. The third-order valence-electron chi connectivity index (χ3n) is 7.02. The van der Waals surface area contributed by atoms with Gasteiger partial charge in [-0.2, -0.15) is 0 Å². The molecule has 7 nitrogen and oxygen atoms in total. The third-order valence-corrected chi connectivity index (χ3v) is 7.02. The molecular formula is C26H28N2O5. The number of rotatable bonds is 7. The number of nitrogens with zero attached hydrogens (tertiary/aromatic N) is 2. The van der Waals surface area contributed by atoms with E-state index in [4.69, 9.17) is 9.84 Å². The summed E-state index contributed by atoms with van der Waals surface area (Å²) in [7, 11) is 0. The molecule has 0 aromatic heterocycles. The first kappa shape index (κ1) is 21.5. The van der Waals surface area contributed by atoms with Crippen molar-refractivity contribution < 1.29 is 24.2 Å². The molecule has 0 spiro atoms. The summed E-state index contributed by atoms with van der Waals surface area (Å²) < 4.78 is 5.69. The molecule has 1 heterocycles. The monoisotopic (exact) mass is 448 g/mol. The number of aliphatic carboxylic acids is 1. The number of para-hydroxylation sites is 1. The zero-order valence-corrected chi connectivity index (χ0v) is 18.4. The van der Waals surface area contributed by atoms with Gasteiger partial charge in [-0.15, -0.1) is 0 Å². The van der Waals surface area contributed by atoms with Crippen molar-refractivity contribution in [2.24, 2.45) is 5.92 Å². The number of anilines is 1. The lowest BCUT2D eigenvalue weighted by molar-refractivity contribution is -0.143. The van der Waals surface area contributed by atoms with Crippen LogP contribution in [0.25, 0.3) is 0 Å². The van der Waals surface area contributed by atoms with Gasteiger partial charge in [-0.25, -0.2) is 4.79 Å². The van der Waals surface area contributed by atoms with Crippen molar-refractivity contribution in [3.05, 3.63) is 65.7 Å². The Morgan fingerprint density at radius 3 is 2.33 bits per heavy atom. The number of ether oxygens (including phenoxy) is 1. The van der Waals surface area contributed by atoms with Crippen LogP contribution in [0.2, 0.25) is 0 Å². The van der Waals surface area contributed by atoms with Gasteiger partial charge in [0.15, 0.2) is 0 Å². The first-order valence-corrected chi connectivity index (χ1v) is 11.7. The molecule has 5 rings (SSSR count). The quantitative estimate of drug-likeness (QED) is 0.673. The molecule has 0 bridgehead atoms. The van der Waals surface area contributed by atoms with E-state index in [1.165, 1.54) is 0 Å². The third kappa shape index (κ3) is 4.19. The van der Waals surface area contributed by atoms with Gasteiger partial charge in [-0.05, 0) is 42.9 Å². The van der Waals surface area contributed by atoms with Gasteiger partial charge >= 0.3 is 12.1 Å². The number of amides is 2. The molecule has 7 heteroatoms. The van der Waals surface area contributed by atoms with Crippen LogP contribution in [-0.2, 0) is 20.9 Å². The summed E-state index contributed by atoms with van der Waals surface area (Å²) in [6.45, 7) is 0.209. The number of carbonyl (C=O) groups excluding carboxylic acids is 2. The number of carboxylic acid groups (broad SMARTS) is 1. The Morgan fingerprint density at radius 1 is 0.939 bits per heavy atom. The summed E-state index contributed by atoms with van der Waals surface area (Å²) in [5.41, 5.74) is 2.67. The predicted molar refractivity (Wildman–Crippen MR) is 122 cm³/mol. The number of carboxylic acids is 1. The summed E-state index contributed by atoms with van der Waals surface area (Å²) in [5.74, 6) is -0.944. The largest absolute Gasteiger partial charge is 0.481 e. The van der Waals surface area contributed by atoms with E-state index in [9.17, 15) is 14.4 Å². The normalized spacial score (nSPS) is 23.0. The average molecular weight is 449 g/mol. The zero-order valence-electron chi connectivity index (χ0n) is 18.4. The van der Waals surface area contributed by atoms with Crippen LogP contribution in [0.1, 0.15) is 55.7 Å². The second-order valence-electron chi connectivity index (χ2n) is 9.15. The Hall–Kier alpha value is -3.35. The minimum atomic E-state index is -0.961. The van der Waals surface area contributed by atoms with Crippen LogP contribution >= 0.6 is 0 Å². The van der Waals surface area contributed by atoms with Gasteiger partial charge < -0.3 is 14.7 Å². The van der Waals surface area contributed by atoms with Crippen LogP contribution < -0.4 is 4.90 Å². The molecule has 2 aliphatic carbocycles. The summed E-state index contributed by atoms with van der Waals surface area (Å²) in [6, 6.07) is 17.4. The summed E-state index contributed by atoms with van der Waals surface area (Å²) in [6.07, 6.45) is 3.14. The fourth-order valence-electron chi connectivity index (χ4n) is 5.22. The van der Waals surface area contributed by atoms with Crippen molar-refractivity contribution in [3.63, 3.8) is 0 Å². The Kier molecular flexibility index (Phi) is 5.79. The molecule has 33 heavy (non-hydrogen) atoms. The molecule has 3 atom stereocenters. The predicted octanol–water partition coefficient (Wildman–Crippen LogP) is 4.52. The highest BCUT2D eigenvalue weighted by Gasteiger charge is 2.53. The first-order chi connectivity index (χ1) is 16.0. The molecule has 2 aromatic carbocycles. The molecule has 2 amide bonds. The van der Waals surface area contributed by atoms with Crippen LogP contribution in [0, 0.1) is 5.92 Å². The highest BCUT2D eigenvalue weighted by molar-refractivity contribution is 5.91. The molecule has 2 aromatic rings. The maximum atomic E-state index is 13.2. The molecule has 0 radical (unpaired) electrons. The fourth-order valence-corrected chi connectivity index (χ4v) is 5.22. The number of hydrogen-bond donors (Lipinski definition) is 1. The topological polar surface area (TPSA) is 87.2 Å². The maximum absolute atomic E-state index is 13.2. The summed E-state index contributed by atoms with van der Waals surface area (Å²) in [4.78, 5) is 41.1. The summed E-state index contributed by atoms with van der Waals surface area (Å²) in [5, 5.41) is 9.07. The Bertz CT molecular complexity index is 1050. The minimum absolute atomic E-state index is 0.00468. The Morgan fingerprint density at radius 2 is 1.67 bits per heavy atom. The van der Waals surface area contributed by atoms with Gasteiger partial charge in [0.25, 0.3) is 0 Å². The zero-order chi connectivity index (χ0) is 22.9. The van der Waals surface area contributed by atoms with Crippen molar-refractivity contribution in [1.82, 2.24) is 4.90 Å². The lowest BCUT2D eigenvalue weighted by Crippen LogP contribution is -2.59. The van der Waals surface area contributed by atoms with Crippen molar-refractivity contribution in [1.29, 1.82) is 0 Å². The van der Waals surface area contributed by atoms with Crippen molar-refractivity contribution in [3.8, 4) is 0 Å². The van der Waals surface area contributed by atoms with Crippen LogP contribution in [0.4, 0.5) is 10.5 Å². The molecule has 1 aliphatic heterocycles. The lowest BCUT2D eigenvalue weighted by Gasteiger charge is -2.54. The first-order valence-electron chi connectivity index (χ1n) is 11.7. The van der Waals surface area contributed by atoms with Crippen molar-refractivity contribution in [2.75, 3.05) is 4.90 Å². The van der Waals surface area contributed by atoms with Gasteiger partial charge in [0.2, 0.25) is 5.91 Å². The van der Waals surface area contributed by atoms with Gasteiger partial charge in [-0.1, -0.05) is 48.5 Å². The van der Waals surface area contributed by atoms with Crippen LogP contribution in [-0.4, -0.2) is 40.1 Å². The van der Waals surface area contributed by atoms with E-state index >= 15 is 0 Å². The van der Waals surface area contributed by atoms with E-state index in [1.54, 1.807) is 4.90 Å². The SMILES string of the molecule is O=C(O)CCC(=O)N(C1CC1)[C@H]1c2ccccc2N(C(=O)OCc2ccccc2)[C@H]2CC[C@H]21. The highest BCUT2D eigenvalue weighted by Crippen LogP contribution is 2.54. The van der Waals surface area contributed by atoms with E-state index in [-0.39, 0.29) is 55.5 Å². The van der Waals surface area contributed by atoms with Gasteiger partial charge in [0, 0.05) is 24.4 Å². The second kappa shape index (κ2) is 8.89. The number of fused-ring (bicyclic) bond motifs is 2. The Labute approximate surface area is 192 Å². The highest BCUT2D eigenvalue weighted by atomic mass is 16.6. The van der Waals surface area contributed by atoms with Crippen LogP contribution in [0.3, 0.4) is 0 Å². The minimum Gasteiger partial charge on any atom is -0.481 e. The molecular weight excluding hydrogens is 420 g/mol. The number of hydrogen-bond acceptors (Lipinski definition) is 4. The van der Waals surface area contributed by atoms with Gasteiger partial charge in [0.1, 0.15) is 6.61 Å².